The Kier molecular flexibility index (Phi) is 5.39. The van der Waals surface area contributed by atoms with E-state index in [2.05, 4.69) is 10.6 Å². The Morgan fingerprint density at radius 2 is 1.81 bits per heavy atom. The normalized spacial score (nSPS) is 15.2. The predicted octanol–water partition coefficient (Wildman–Crippen LogP) is 3.30. The zero-order chi connectivity index (χ0) is 19.8. The van der Waals surface area contributed by atoms with Gasteiger partial charge < -0.3 is 10.6 Å². The van der Waals surface area contributed by atoms with Crippen LogP contribution in [-0.4, -0.2) is 26.5 Å². The fourth-order valence-electron chi connectivity index (χ4n) is 2.69. The fraction of sp³-hybridized carbons (Fsp3) is 0.368. The molecule has 0 radical (unpaired) electrons. The Hall–Kier alpha value is -2.19. The lowest BCUT2D eigenvalue weighted by molar-refractivity contribution is -0.117. The number of nitrogens with one attached hydrogen (secondary N) is 2. The third kappa shape index (κ3) is 4.75. The summed E-state index contributed by atoms with van der Waals surface area (Å²) in [4.78, 5) is 25.3. The second-order valence-electron chi connectivity index (χ2n) is 6.92. The van der Waals surface area contributed by atoms with Crippen LogP contribution in [0.4, 0.5) is 5.00 Å². The Morgan fingerprint density at radius 3 is 2.37 bits per heavy atom. The first-order valence-electron chi connectivity index (χ1n) is 8.67. The molecular formula is C19H22N2O4S2. The van der Waals surface area contributed by atoms with Gasteiger partial charge in [-0.25, -0.2) is 8.42 Å². The second kappa shape index (κ2) is 7.44. The number of benzene rings is 1. The molecule has 2 aromatic rings. The maximum absolute atomic E-state index is 12.6. The van der Waals surface area contributed by atoms with Crippen LogP contribution in [0, 0.1) is 12.8 Å². The van der Waals surface area contributed by atoms with E-state index in [-0.39, 0.29) is 28.7 Å². The van der Waals surface area contributed by atoms with Gasteiger partial charge in [0, 0.05) is 12.2 Å². The molecule has 1 atom stereocenters. The van der Waals surface area contributed by atoms with Gasteiger partial charge in [-0.3, -0.25) is 9.59 Å². The maximum Gasteiger partial charge on any atom is 0.262 e. The summed E-state index contributed by atoms with van der Waals surface area (Å²) in [5.74, 6) is -0.0914. The first-order valence-corrected chi connectivity index (χ1v) is 11.4. The van der Waals surface area contributed by atoms with Gasteiger partial charge in [0.1, 0.15) is 0 Å². The zero-order valence-corrected chi connectivity index (χ0v) is 17.0. The quantitative estimate of drug-likeness (QED) is 0.770. The summed E-state index contributed by atoms with van der Waals surface area (Å²) in [5, 5.41) is 6.47. The average Bonchev–Trinajstić information content (AvgIpc) is 3.38. The van der Waals surface area contributed by atoms with Crippen molar-refractivity contribution in [3.8, 4) is 0 Å². The zero-order valence-electron chi connectivity index (χ0n) is 15.4. The summed E-state index contributed by atoms with van der Waals surface area (Å²) >= 11 is 1.26. The van der Waals surface area contributed by atoms with Crippen molar-refractivity contribution in [2.45, 2.75) is 37.6 Å². The number of carbonyl (C=O) groups excluding carboxylic acids is 2. The highest BCUT2D eigenvalue weighted by Crippen LogP contribution is 2.33. The van der Waals surface area contributed by atoms with E-state index in [9.17, 15) is 18.0 Å². The van der Waals surface area contributed by atoms with Gasteiger partial charge >= 0.3 is 0 Å². The highest BCUT2D eigenvalue weighted by Gasteiger charge is 2.30. The van der Waals surface area contributed by atoms with Gasteiger partial charge in [0.05, 0.1) is 20.8 Å². The van der Waals surface area contributed by atoms with Crippen molar-refractivity contribution in [3.63, 3.8) is 0 Å². The number of thiophene rings is 1. The first kappa shape index (κ1) is 19.6. The smallest absolute Gasteiger partial charge is 0.262 e. The molecule has 1 aromatic heterocycles. The molecule has 0 spiro atoms. The Bertz CT molecular complexity index is 974. The average molecular weight is 407 g/mol. The molecule has 27 heavy (non-hydrogen) atoms. The molecule has 1 unspecified atom stereocenters. The fourth-order valence-corrected chi connectivity index (χ4v) is 4.30. The minimum atomic E-state index is -3.25. The topological polar surface area (TPSA) is 92.3 Å². The van der Waals surface area contributed by atoms with E-state index in [0.29, 0.717) is 9.88 Å². The van der Waals surface area contributed by atoms with Crippen LogP contribution in [0.1, 0.15) is 46.6 Å². The lowest BCUT2D eigenvalue weighted by atomic mass is 10.1. The van der Waals surface area contributed by atoms with Crippen molar-refractivity contribution in [1.82, 2.24) is 5.32 Å². The van der Waals surface area contributed by atoms with Crippen molar-refractivity contribution in [2.75, 3.05) is 11.6 Å². The van der Waals surface area contributed by atoms with E-state index < -0.39 is 9.84 Å². The van der Waals surface area contributed by atoms with E-state index in [4.69, 9.17) is 0 Å². The number of anilines is 1. The van der Waals surface area contributed by atoms with Crippen LogP contribution in [-0.2, 0) is 14.6 Å². The van der Waals surface area contributed by atoms with Crippen LogP contribution in [0.3, 0.4) is 0 Å². The molecule has 3 rings (SSSR count). The number of rotatable bonds is 6. The summed E-state index contributed by atoms with van der Waals surface area (Å²) in [6.45, 7) is 3.68. The van der Waals surface area contributed by atoms with Gasteiger partial charge in [-0.2, -0.15) is 0 Å². The monoisotopic (exact) mass is 406 g/mol. The number of hydrogen-bond donors (Lipinski definition) is 2. The Balaban J connectivity index is 1.67. The van der Waals surface area contributed by atoms with Crippen molar-refractivity contribution in [1.29, 1.82) is 0 Å². The molecule has 1 aliphatic rings. The van der Waals surface area contributed by atoms with Crippen molar-refractivity contribution in [2.24, 2.45) is 5.92 Å². The summed E-state index contributed by atoms with van der Waals surface area (Å²) in [7, 11) is -3.25. The summed E-state index contributed by atoms with van der Waals surface area (Å²) in [5.41, 5.74) is 1.62. The SMILES string of the molecule is Cc1cc(NC(=O)C2CC2)sc1C(=O)NC(C)c1ccc(S(C)(=O)=O)cc1. The number of amides is 2. The van der Waals surface area contributed by atoms with Gasteiger partial charge in [-0.15, -0.1) is 11.3 Å². The highest BCUT2D eigenvalue weighted by atomic mass is 32.2. The number of sulfone groups is 1. The molecule has 2 amide bonds. The molecule has 1 aliphatic carbocycles. The van der Waals surface area contributed by atoms with Crippen molar-refractivity contribution < 1.29 is 18.0 Å². The second-order valence-corrected chi connectivity index (χ2v) is 9.99. The van der Waals surface area contributed by atoms with Crippen LogP contribution in [0.25, 0.3) is 0 Å². The summed E-state index contributed by atoms with van der Waals surface area (Å²) in [6, 6.07) is 8.00. The molecule has 0 saturated heterocycles. The van der Waals surface area contributed by atoms with E-state index in [1.807, 2.05) is 19.9 Å². The third-order valence-electron chi connectivity index (χ3n) is 4.47. The van der Waals surface area contributed by atoms with E-state index in [1.54, 1.807) is 12.1 Å². The summed E-state index contributed by atoms with van der Waals surface area (Å²) < 4.78 is 23.1. The molecule has 2 N–H and O–H groups in total. The van der Waals surface area contributed by atoms with Gasteiger partial charge in [-0.1, -0.05) is 12.1 Å². The molecule has 1 fully saturated rings. The lowest BCUT2D eigenvalue weighted by Crippen LogP contribution is -2.26. The van der Waals surface area contributed by atoms with Gasteiger partial charge in [0.25, 0.3) is 5.91 Å². The molecule has 1 aromatic carbocycles. The highest BCUT2D eigenvalue weighted by molar-refractivity contribution is 7.90. The van der Waals surface area contributed by atoms with Crippen LogP contribution in [0.15, 0.2) is 35.2 Å². The molecular weight excluding hydrogens is 384 g/mol. The minimum absolute atomic E-state index is 0.0162. The van der Waals surface area contributed by atoms with Crippen LogP contribution in [0.2, 0.25) is 0 Å². The van der Waals surface area contributed by atoms with E-state index in [1.165, 1.54) is 23.5 Å². The molecule has 1 heterocycles. The van der Waals surface area contributed by atoms with Crippen LogP contribution < -0.4 is 10.6 Å². The Morgan fingerprint density at radius 1 is 1.19 bits per heavy atom. The van der Waals surface area contributed by atoms with Gasteiger partial charge in [-0.05, 0) is 56.0 Å². The predicted molar refractivity (Wildman–Crippen MR) is 106 cm³/mol. The van der Waals surface area contributed by atoms with Crippen molar-refractivity contribution >= 4 is 38.0 Å². The number of aryl methyl sites for hydroxylation is 1. The van der Waals surface area contributed by atoms with E-state index in [0.717, 1.165) is 30.2 Å². The molecule has 8 heteroatoms. The van der Waals surface area contributed by atoms with Crippen LogP contribution >= 0.6 is 11.3 Å². The Labute approximate surface area is 162 Å². The van der Waals surface area contributed by atoms with Gasteiger partial charge in [0.15, 0.2) is 9.84 Å². The first-order chi connectivity index (χ1) is 12.6. The molecule has 0 aliphatic heterocycles. The summed E-state index contributed by atoms with van der Waals surface area (Å²) in [6.07, 6.45) is 3.02. The van der Waals surface area contributed by atoms with Crippen molar-refractivity contribution in [3.05, 3.63) is 46.3 Å². The van der Waals surface area contributed by atoms with Gasteiger partial charge in [0.2, 0.25) is 5.91 Å². The maximum atomic E-state index is 12.6. The molecule has 144 valence electrons. The molecule has 1 saturated carbocycles. The molecule has 0 bridgehead atoms. The van der Waals surface area contributed by atoms with Crippen LogP contribution in [0.5, 0.6) is 0 Å². The molecule has 6 nitrogen and oxygen atoms in total. The largest absolute Gasteiger partial charge is 0.345 e. The third-order valence-corrected chi connectivity index (χ3v) is 6.75. The standard InChI is InChI=1S/C19H22N2O4S2/c1-11-10-16(21-18(22)14-4-5-14)26-17(11)19(23)20-12(2)13-6-8-15(9-7-13)27(3,24)25/h6-10,12,14H,4-5H2,1-3H3,(H,20,23)(H,21,22). The minimum Gasteiger partial charge on any atom is -0.345 e. The van der Waals surface area contributed by atoms with E-state index >= 15 is 0 Å². The lowest BCUT2D eigenvalue weighted by Gasteiger charge is -2.14. The number of carbonyl (C=O) groups is 2. The number of hydrogen-bond acceptors (Lipinski definition) is 5.